The molecular formula is C16H14N4O. The molecule has 104 valence electrons. The molecule has 1 saturated carbocycles. The van der Waals surface area contributed by atoms with Gasteiger partial charge in [-0.25, -0.2) is 0 Å². The maximum Gasteiger partial charge on any atom is 0.251 e. The number of rotatable bonds is 3. The van der Waals surface area contributed by atoms with E-state index in [4.69, 9.17) is 0 Å². The normalized spacial score (nSPS) is 14.3. The minimum Gasteiger partial charge on any atom is -0.349 e. The van der Waals surface area contributed by atoms with Crippen LogP contribution >= 0.6 is 0 Å². The van der Waals surface area contributed by atoms with Crippen molar-refractivity contribution in [2.45, 2.75) is 18.9 Å². The third kappa shape index (κ3) is 2.27. The monoisotopic (exact) mass is 278 g/mol. The van der Waals surface area contributed by atoms with Crippen LogP contribution < -0.4 is 5.32 Å². The van der Waals surface area contributed by atoms with Crippen molar-refractivity contribution in [2.24, 2.45) is 0 Å². The molecular weight excluding hydrogens is 264 g/mol. The van der Waals surface area contributed by atoms with Crippen LogP contribution in [0.25, 0.3) is 17.0 Å². The summed E-state index contributed by atoms with van der Waals surface area (Å²) in [4.78, 5) is 12.0. The van der Waals surface area contributed by atoms with Crippen LogP contribution in [0.4, 0.5) is 0 Å². The molecule has 1 amide bonds. The Bertz CT molecular complexity index is 806. The molecule has 0 bridgehead atoms. The number of carbonyl (C=O) groups is 1. The Hall–Kier alpha value is -2.69. The summed E-state index contributed by atoms with van der Waals surface area (Å²) in [7, 11) is 0. The fourth-order valence-electron chi connectivity index (χ4n) is 2.31. The first-order valence-electron chi connectivity index (χ1n) is 7.02. The Morgan fingerprint density at radius 2 is 1.95 bits per heavy atom. The molecule has 1 aliphatic rings. The van der Waals surface area contributed by atoms with Crippen LogP contribution in [0.15, 0.2) is 48.7 Å². The highest BCUT2D eigenvalue weighted by atomic mass is 16.1. The first kappa shape index (κ1) is 12.1. The van der Waals surface area contributed by atoms with Gasteiger partial charge in [0.25, 0.3) is 5.91 Å². The van der Waals surface area contributed by atoms with Gasteiger partial charge in [0.05, 0.1) is 0 Å². The Morgan fingerprint density at radius 1 is 1.14 bits per heavy atom. The van der Waals surface area contributed by atoms with Crippen molar-refractivity contribution in [2.75, 3.05) is 0 Å². The zero-order valence-electron chi connectivity index (χ0n) is 11.4. The SMILES string of the molecule is O=C(NC1CC1)c1ccn2c(-c3ccccc3)nnc2c1. The summed E-state index contributed by atoms with van der Waals surface area (Å²) in [6, 6.07) is 13.8. The predicted molar refractivity (Wildman–Crippen MR) is 78.9 cm³/mol. The van der Waals surface area contributed by atoms with Gasteiger partial charge in [-0.15, -0.1) is 10.2 Å². The van der Waals surface area contributed by atoms with Gasteiger partial charge in [0, 0.05) is 23.4 Å². The summed E-state index contributed by atoms with van der Waals surface area (Å²) in [5, 5.41) is 11.4. The van der Waals surface area contributed by atoms with E-state index >= 15 is 0 Å². The molecule has 1 fully saturated rings. The van der Waals surface area contributed by atoms with E-state index in [0.717, 1.165) is 24.2 Å². The zero-order chi connectivity index (χ0) is 14.2. The highest BCUT2D eigenvalue weighted by Gasteiger charge is 2.24. The molecule has 2 aromatic heterocycles. The smallest absolute Gasteiger partial charge is 0.251 e. The summed E-state index contributed by atoms with van der Waals surface area (Å²) in [6.45, 7) is 0. The Balaban J connectivity index is 1.72. The van der Waals surface area contributed by atoms with Gasteiger partial charge in [-0.3, -0.25) is 9.20 Å². The van der Waals surface area contributed by atoms with Crippen LogP contribution in [-0.2, 0) is 0 Å². The van der Waals surface area contributed by atoms with Crippen LogP contribution in [0.3, 0.4) is 0 Å². The quantitative estimate of drug-likeness (QED) is 0.799. The number of nitrogens with one attached hydrogen (secondary N) is 1. The summed E-state index contributed by atoms with van der Waals surface area (Å²) in [6.07, 6.45) is 4.01. The Morgan fingerprint density at radius 3 is 2.71 bits per heavy atom. The summed E-state index contributed by atoms with van der Waals surface area (Å²) in [5.74, 6) is 0.740. The zero-order valence-corrected chi connectivity index (χ0v) is 11.4. The molecule has 1 N–H and O–H groups in total. The molecule has 2 heterocycles. The fraction of sp³-hybridized carbons (Fsp3) is 0.188. The van der Waals surface area contributed by atoms with Gasteiger partial charge in [0.2, 0.25) is 0 Å². The van der Waals surface area contributed by atoms with Crippen molar-refractivity contribution < 1.29 is 4.79 Å². The van der Waals surface area contributed by atoms with Crippen molar-refractivity contribution in [3.05, 3.63) is 54.2 Å². The van der Waals surface area contributed by atoms with Crippen LogP contribution in [0, 0.1) is 0 Å². The van der Waals surface area contributed by atoms with Gasteiger partial charge in [-0.05, 0) is 25.0 Å². The fourth-order valence-corrected chi connectivity index (χ4v) is 2.31. The standard InChI is InChI=1S/C16H14N4O/c21-16(17-13-6-7-13)12-8-9-20-14(10-12)18-19-15(20)11-4-2-1-3-5-11/h1-5,8-10,13H,6-7H2,(H,17,21). The van der Waals surface area contributed by atoms with Crippen LogP contribution in [-0.4, -0.2) is 26.5 Å². The van der Waals surface area contributed by atoms with E-state index in [1.54, 1.807) is 12.1 Å². The van der Waals surface area contributed by atoms with E-state index in [2.05, 4.69) is 15.5 Å². The van der Waals surface area contributed by atoms with Gasteiger partial charge in [0.15, 0.2) is 11.5 Å². The third-order valence-electron chi connectivity index (χ3n) is 3.62. The van der Waals surface area contributed by atoms with Gasteiger partial charge >= 0.3 is 0 Å². The Kier molecular flexibility index (Phi) is 2.70. The second kappa shape index (κ2) is 4.70. The van der Waals surface area contributed by atoms with Gasteiger partial charge in [-0.2, -0.15) is 0 Å². The van der Waals surface area contributed by atoms with E-state index in [-0.39, 0.29) is 5.91 Å². The van der Waals surface area contributed by atoms with Crippen LogP contribution in [0.1, 0.15) is 23.2 Å². The topological polar surface area (TPSA) is 59.3 Å². The lowest BCUT2D eigenvalue weighted by Gasteiger charge is -2.04. The second-order valence-corrected chi connectivity index (χ2v) is 5.28. The van der Waals surface area contributed by atoms with Gasteiger partial charge in [0.1, 0.15) is 0 Å². The largest absolute Gasteiger partial charge is 0.349 e. The second-order valence-electron chi connectivity index (χ2n) is 5.28. The highest BCUT2D eigenvalue weighted by Crippen LogP contribution is 2.21. The molecule has 1 aliphatic carbocycles. The average Bonchev–Trinajstić information content (AvgIpc) is 3.24. The van der Waals surface area contributed by atoms with Crippen LogP contribution in [0.5, 0.6) is 0 Å². The first-order valence-corrected chi connectivity index (χ1v) is 7.02. The van der Waals surface area contributed by atoms with E-state index < -0.39 is 0 Å². The average molecular weight is 278 g/mol. The first-order chi connectivity index (χ1) is 10.3. The number of benzene rings is 1. The van der Waals surface area contributed by atoms with E-state index in [9.17, 15) is 4.79 Å². The molecule has 0 atom stereocenters. The number of carbonyl (C=O) groups excluding carboxylic acids is 1. The predicted octanol–water partition coefficient (Wildman–Crippen LogP) is 2.29. The minimum absolute atomic E-state index is 0.0377. The molecule has 3 aromatic rings. The molecule has 5 heteroatoms. The van der Waals surface area contributed by atoms with E-state index in [1.165, 1.54) is 0 Å². The number of amides is 1. The lowest BCUT2D eigenvalue weighted by molar-refractivity contribution is 0.0951. The summed E-state index contributed by atoms with van der Waals surface area (Å²) in [5.41, 5.74) is 2.30. The number of pyridine rings is 1. The van der Waals surface area contributed by atoms with Crippen LogP contribution in [0.2, 0.25) is 0 Å². The third-order valence-corrected chi connectivity index (χ3v) is 3.62. The number of nitrogens with zero attached hydrogens (tertiary/aromatic N) is 3. The summed E-state index contributed by atoms with van der Waals surface area (Å²) < 4.78 is 1.89. The molecule has 0 unspecified atom stereocenters. The van der Waals surface area contributed by atoms with Crippen molar-refractivity contribution >= 4 is 11.6 Å². The number of fused-ring (bicyclic) bond motifs is 1. The molecule has 5 nitrogen and oxygen atoms in total. The van der Waals surface area contributed by atoms with Gasteiger partial charge < -0.3 is 5.32 Å². The number of hydrogen-bond donors (Lipinski definition) is 1. The lowest BCUT2D eigenvalue weighted by atomic mass is 10.2. The highest BCUT2D eigenvalue weighted by molar-refractivity contribution is 5.95. The van der Waals surface area contributed by atoms with E-state index in [0.29, 0.717) is 17.3 Å². The maximum atomic E-state index is 12.0. The molecule has 0 spiro atoms. The van der Waals surface area contributed by atoms with Crippen molar-refractivity contribution in [3.8, 4) is 11.4 Å². The van der Waals surface area contributed by atoms with E-state index in [1.807, 2.05) is 40.9 Å². The van der Waals surface area contributed by atoms with Crippen molar-refractivity contribution in [3.63, 3.8) is 0 Å². The van der Waals surface area contributed by atoms with Crippen molar-refractivity contribution in [1.29, 1.82) is 0 Å². The molecule has 0 aliphatic heterocycles. The molecule has 21 heavy (non-hydrogen) atoms. The molecule has 1 aromatic carbocycles. The maximum absolute atomic E-state index is 12.0. The van der Waals surface area contributed by atoms with Gasteiger partial charge in [-0.1, -0.05) is 30.3 Å². The minimum atomic E-state index is -0.0377. The summed E-state index contributed by atoms with van der Waals surface area (Å²) >= 11 is 0. The Labute approximate surface area is 121 Å². The lowest BCUT2D eigenvalue weighted by Crippen LogP contribution is -2.25. The molecule has 4 rings (SSSR count). The number of hydrogen-bond acceptors (Lipinski definition) is 3. The van der Waals surface area contributed by atoms with Crippen molar-refractivity contribution in [1.82, 2.24) is 19.9 Å². The molecule has 0 saturated heterocycles. The molecule has 0 radical (unpaired) electrons. The number of aromatic nitrogens is 3.